The minimum absolute atomic E-state index is 0.155. The number of rotatable bonds is 5. The highest BCUT2D eigenvalue weighted by molar-refractivity contribution is 7.90. The van der Waals surface area contributed by atoms with Crippen molar-refractivity contribution in [2.24, 2.45) is 0 Å². The Morgan fingerprint density at radius 1 is 1.33 bits per heavy atom. The standard InChI is InChI=1S/C15H20N2O3S/c1-5-20-14-9-12(4)13(11(2)3)10-15(14)21(18,19)17-8-6-7-16-17/h6-11H,5H2,1-4H3. The van der Waals surface area contributed by atoms with E-state index in [1.54, 1.807) is 18.2 Å². The molecule has 0 atom stereocenters. The van der Waals surface area contributed by atoms with Crippen molar-refractivity contribution >= 4 is 10.0 Å². The first-order chi connectivity index (χ1) is 9.87. The number of hydrogen-bond acceptors (Lipinski definition) is 4. The van der Waals surface area contributed by atoms with Crippen molar-refractivity contribution < 1.29 is 13.2 Å². The van der Waals surface area contributed by atoms with Crippen LogP contribution in [0.4, 0.5) is 0 Å². The Morgan fingerprint density at radius 3 is 2.57 bits per heavy atom. The van der Waals surface area contributed by atoms with E-state index in [1.165, 1.54) is 12.4 Å². The van der Waals surface area contributed by atoms with Crippen molar-refractivity contribution in [3.05, 3.63) is 41.7 Å². The SMILES string of the molecule is CCOc1cc(C)c(C(C)C)cc1S(=O)(=O)n1cccn1. The van der Waals surface area contributed by atoms with Gasteiger partial charge in [-0.2, -0.15) is 17.6 Å². The molecule has 0 N–H and O–H groups in total. The molecule has 1 aromatic carbocycles. The fraction of sp³-hybridized carbons (Fsp3) is 0.400. The van der Waals surface area contributed by atoms with E-state index >= 15 is 0 Å². The smallest absolute Gasteiger partial charge is 0.286 e. The zero-order chi connectivity index (χ0) is 15.6. The van der Waals surface area contributed by atoms with E-state index in [1.807, 2.05) is 27.7 Å². The van der Waals surface area contributed by atoms with Crippen LogP contribution in [0.2, 0.25) is 0 Å². The van der Waals surface area contributed by atoms with Crippen molar-refractivity contribution in [1.82, 2.24) is 9.19 Å². The fourth-order valence-corrected chi connectivity index (χ4v) is 3.53. The second-order valence-corrected chi connectivity index (χ2v) is 6.89. The van der Waals surface area contributed by atoms with Gasteiger partial charge in [-0.15, -0.1) is 0 Å². The highest BCUT2D eigenvalue weighted by atomic mass is 32.2. The average molecular weight is 308 g/mol. The zero-order valence-corrected chi connectivity index (χ0v) is 13.5. The predicted octanol–water partition coefficient (Wildman–Crippen LogP) is 2.95. The maximum Gasteiger partial charge on any atom is 0.286 e. The molecular weight excluding hydrogens is 288 g/mol. The molecule has 0 unspecified atom stereocenters. The van der Waals surface area contributed by atoms with Gasteiger partial charge in [0.05, 0.1) is 12.8 Å². The molecule has 0 amide bonds. The van der Waals surface area contributed by atoms with Crippen LogP contribution >= 0.6 is 0 Å². The molecule has 0 aliphatic carbocycles. The molecule has 0 bridgehead atoms. The first-order valence-electron chi connectivity index (χ1n) is 6.90. The predicted molar refractivity (Wildman–Crippen MR) is 81.2 cm³/mol. The molecule has 0 aliphatic heterocycles. The topological polar surface area (TPSA) is 61.2 Å². The molecule has 0 aliphatic rings. The number of ether oxygens (including phenoxy) is 1. The minimum atomic E-state index is -3.74. The van der Waals surface area contributed by atoms with Gasteiger partial charge in [0.1, 0.15) is 10.6 Å². The molecule has 2 aromatic rings. The first kappa shape index (κ1) is 15.6. The summed E-state index contributed by atoms with van der Waals surface area (Å²) in [6.07, 6.45) is 2.86. The van der Waals surface area contributed by atoms with Gasteiger partial charge in [-0.1, -0.05) is 13.8 Å². The summed E-state index contributed by atoms with van der Waals surface area (Å²) in [5, 5.41) is 3.84. The van der Waals surface area contributed by atoms with Crippen molar-refractivity contribution in [2.45, 2.75) is 38.5 Å². The van der Waals surface area contributed by atoms with E-state index in [2.05, 4.69) is 5.10 Å². The lowest BCUT2D eigenvalue weighted by Crippen LogP contribution is -2.16. The van der Waals surface area contributed by atoms with E-state index in [9.17, 15) is 8.42 Å². The largest absolute Gasteiger partial charge is 0.492 e. The Kier molecular flexibility index (Phi) is 4.37. The Morgan fingerprint density at radius 2 is 2.05 bits per heavy atom. The van der Waals surface area contributed by atoms with E-state index in [4.69, 9.17) is 4.74 Å². The third kappa shape index (κ3) is 2.95. The second-order valence-electron chi connectivity index (χ2n) is 5.13. The van der Waals surface area contributed by atoms with Gasteiger partial charge in [-0.25, -0.2) is 0 Å². The molecule has 5 nitrogen and oxygen atoms in total. The van der Waals surface area contributed by atoms with Crippen molar-refractivity contribution in [1.29, 1.82) is 0 Å². The number of nitrogens with zero attached hydrogens (tertiary/aromatic N) is 2. The molecular formula is C15H20N2O3S. The molecule has 0 spiro atoms. The monoisotopic (exact) mass is 308 g/mol. The zero-order valence-electron chi connectivity index (χ0n) is 12.7. The Hall–Kier alpha value is -1.82. The average Bonchev–Trinajstić information content (AvgIpc) is 2.93. The molecule has 6 heteroatoms. The highest BCUT2D eigenvalue weighted by Crippen LogP contribution is 2.32. The molecule has 1 heterocycles. The normalized spacial score (nSPS) is 11.9. The molecule has 0 fully saturated rings. The maximum absolute atomic E-state index is 12.7. The van der Waals surface area contributed by atoms with E-state index < -0.39 is 10.0 Å². The van der Waals surface area contributed by atoms with E-state index in [0.717, 1.165) is 15.2 Å². The van der Waals surface area contributed by atoms with Crippen LogP contribution in [0.3, 0.4) is 0 Å². The molecule has 0 radical (unpaired) electrons. The number of hydrogen-bond donors (Lipinski definition) is 0. The van der Waals surface area contributed by atoms with E-state index in [-0.39, 0.29) is 10.8 Å². The maximum atomic E-state index is 12.7. The summed E-state index contributed by atoms with van der Waals surface area (Å²) in [4.78, 5) is 0.155. The molecule has 1 aromatic heterocycles. The Balaban J connectivity index is 2.68. The van der Waals surface area contributed by atoms with Crippen LogP contribution in [-0.4, -0.2) is 24.2 Å². The van der Waals surface area contributed by atoms with E-state index in [0.29, 0.717) is 12.4 Å². The first-order valence-corrected chi connectivity index (χ1v) is 8.34. The van der Waals surface area contributed by atoms with Crippen LogP contribution in [-0.2, 0) is 10.0 Å². The van der Waals surface area contributed by atoms with Crippen molar-refractivity contribution in [3.8, 4) is 5.75 Å². The van der Waals surface area contributed by atoms with Gasteiger partial charge in [0.15, 0.2) is 0 Å². The summed E-state index contributed by atoms with van der Waals surface area (Å²) in [5.74, 6) is 0.599. The lowest BCUT2D eigenvalue weighted by molar-refractivity contribution is 0.330. The molecule has 2 rings (SSSR count). The number of benzene rings is 1. The van der Waals surface area contributed by atoms with Crippen molar-refractivity contribution in [2.75, 3.05) is 6.61 Å². The lowest BCUT2D eigenvalue weighted by Gasteiger charge is -2.16. The summed E-state index contributed by atoms with van der Waals surface area (Å²) >= 11 is 0. The quantitative estimate of drug-likeness (QED) is 0.852. The summed E-state index contributed by atoms with van der Waals surface area (Å²) in [6, 6.07) is 5.06. The van der Waals surface area contributed by atoms with Crippen LogP contribution in [0.5, 0.6) is 5.75 Å². The summed E-state index contributed by atoms with van der Waals surface area (Å²) in [7, 11) is -3.74. The number of aryl methyl sites for hydroxylation is 1. The molecule has 0 saturated heterocycles. The van der Waals surface area contributed by atoms with Crippen LogP contribution in [0.15, 0.2) is 35.5 Å². The third-order valence-corrected chi connectivity index (χ3v) is 4.84. The van der Waals surface area contributed by atoms with Gasteiger partial charge >= 0.3 is 0 Å². The fourth-order valence-electron chi connectivity index (χ4n) is 2.27. The van der Waals surface area contributed by atoms with Gasteiger partial charge < -0.3 is 4.74 Å². The van der Waals surface area contributed by atoms with Crippen LogP contribution in [0.1, 0.15) is 37.8 Å². The van der Waals surface area contributed by atoms with Gasteiger partial charge in [-0.3, -0.25) is 0 Å². The number of aromatic nitrogens is 2. The molecule has 114 valence electrons. The highest BCUT2D eigenvalue weighted by Gasteiger charge is 2.24. The molecule has 21 heavy (non-hydrogen) atoms. The van der Waals surface area contributed by atoms with Gasteiger partial charge in [0.2, 0.25) is 0 Å². The molecule has 0 saturated carbocycles. The van der Waals surface area contributed by atoms with Crippen molar-refractivity contribution in [3.63, 3.8) is 0 Å². The van der Waals surface area contributed by atoms with Gasteiger partial charge in [0, 0.05) is 6.20 Å². The summed E-state index contributed by atoms with van der Waals surface area (Å²) < 4.78 is 31.9. The summed E-state index contributed by atoms with van der Waals surface area (Å²) in [5.41, 5.74) is 2.01. The lowest BCUT2D eigenvalue weighted by atomic mass is 9.98. The third-order valence-electron chi connectivity index (χ3n) is 3.26. The second kappa shape index (κ2) is 5.89. The Bertz CT molecular complexity index is 720. The van der Waals surface area contributed by atoms with Crippen LogP contribution < -0.4 is 4.74 Å². The van der Waals surface area contributed by atoms with Gasteiger partial charge in [-0.05, 0) is 49.1 Å². The summed E-state index contributed by atoms with van der Waals surface area (Å²) in [6.45, 7) is 8.26. The van der Waals surface area contributed by atoms with Crippen LogP contribution in [0.25, 0.3) is 0 Å². The Labute approximate surface area is 125 Å². The minimum Gasteiger partial charge on any atom is -0.492 e. The van der Waals surface area contributed by atoms with Gasteiger partial charge in [0.25, 0.3) is 10.0 Å². The van der Waals surface area contributed by atoms with Crippen LogP contribution in [0, 0.1) is 6.92 Å².